The lowest BCUT2D eigenvalue weighted by Gasteiger charge is -2.12. The van der Waals surface area contributed by atoms with Gasteiger partial charge in [0.25, 0.3) is 0 Å². The number of ether oxygens (including phenoxy) is 1. The molecule has 7 heteroatoms. The summed E-state index contributed by atoms with van der Waals surface area (Å²) < 4.78 is 19.1. The van der Waals surface area contributed by atoms with Gasteiger partial charge in [0, 0.05) is 18.6 Å². The number of benzene rings is 2. The zero-order valence-corrected chi connectivity index (χ0v) is 13.1. The highest BCUT2D eigenvalue weighted by molar-refractivity contribution is 6.36. The van der Waals surface area contributed by atoms with Crippen molar-refractivity contribution in [3.8, 4) is 11.5 Å². The quantitative estimate of drug-likeness (QED) is 0.526. The maximum Gasteiger partial charge on any atom is 0.332 e. The Morgan fingerprint density at radius 3 is 2.57 bits per heavy atom. The molecule has 1 N–H and O–H groups in total. The summed E-state index contributed by atoms with van der Waals surface area (Å²) in [5.41, 5.74) is -0.0570. The average molecular weight is 338 g/mol. The van der Waals surface area contributed by atoms with Gasteiger partial charge in [-0.25, -0.2) is 9.18 Å². The molecule has 0 radical (unpaired) electrons. The zero-order valence-electron chi connectivity index (χ0n) is 12.3. The minimum absolute atomic E-state index is 0.0242. The fourth-order valence-electron chi connectivity index (χ4n) is 1.91. The first-order valence-corrected chi connectivity index (χ1v) is 6.89. The Morgan fingerprint density at radius 2 is 2.00 bits per heavy atom. The summed E-state index contributed by atoms with van der Waals surface area (Å²) in [6.07, 6.45) is 0. The molecule has 0 atom stereocenters. The third kappa shape index (κ3) is 3.78. The second-order valence-electron chi connectivity index (χ2n) is 4.51. The highest BCUT2D eigenvalue weighted by Crippen LogP contribution is 2.34. The molecule has 0 saturated carbocycles. The fourth-order valence-corrected chi connectivity index (χ4v) is 2.21. The molecule has 0 aliphatic carbocycles. The van der Waals surface area contributed by atoms with Crippen LogP contribution in [0.5, 0.6) is 11.5 Å². The van der Waals surface area contributed by atoms with Gasteiger partial charge in [-0.15, -0.1) is 0 Å². The van der Waals surface area contributed by atoms with Crippen LogP contribution in [0.4, 0.5) is 4.39 Å². The highest BCUT2D eigenvalue weighted by atomic mass is 35.5. The van der Waals surface area contributed by atoms with Gasteiger partial charge < -0.3 is 14.7 Å². The lowest BCUT2D eigenvalue weighted by atomic mass is 10.0. The number of halogens is 2. The topological polar surface area (TPSA) is 68.1 Å². The van der Waals surface area contributed by atoms with Crippen LogP contribution in [-0.2, 0) is 9.63 Å². The van der Waals surface area contributed by atoms with Crippen LogP contribution in [0.2, 0.25) is 5.02 Å². The molecule has 0 heterocycles. The Kier molecular flexibility index (Phi) is 5.18. The van der Waals surface area contributed by atoms with Crippen molar-refractivity contribution in [1.82, 2.24) is 0 Å². The van der Waals surface area contributed by atoms with E-state index >= 15 is 0 Å². The monoisotopic (exact) mass is 337 g/mol. The molecular formula is C16H13ClFNO4. The molecule has 2 aromatic rings. The summed E-state index contributed by atoms with van der Waals surface area (Å²) in [6, 6.07) is 8.45. The van der Waals surface area contributed by atoms with Crippen molar-refractivity contribution in [3.05, 3.63) is 58.4 Å². The van der Waals surface area contributed by atoms with Crippen molar-refractivity contribution < 1.29 is 23.9 Å². The van der Waals surface area contributed by atoms with E-state index in [-0.39, 0.29) is 27.6 Å². The number of methoxy groups -OCH3 is 1. The van der Waals surface area contributed by atoms with Crippen LogP contribution in [0.3, 0.4) is 0 Å². The summed E-state index contributed by atoms with van der Waals surface area (Å²) in [6.45, 7) is 1.15. The third-order valence-corrected chi connectivity index (χ3v) is 3.21. The molecule has 2 rings (SSSR count). The molecule has 120 valence electrons. The average Bonchev–Trinajstić information content (AvgIpc) is 2.50. The number of carbonyl (C=O) groups excluding carboxylic acids is 1. The Hall–Kier alpha value is -2.60. The number of oxime groups is 1. The lowest BCUT2D eigenvalue weighted by molar-refractivity contribution is -0.140. The predicted molar refractivity (Wildman–Crippen MR) is 83.5 cm³/mol. The first-order valence-electron chi connectivity index (χ1n) is 6.51. The Balaban J connectivity index is 2.67. The predicted octanol–water partition coefficient (Wildman–Crippen LogP) is 3.51. The number of phenolic OH excluding ortho intramolecular Hbond substituents is 1. The van der Waals surface area contributed by atoms with Gasteiger partial charge in [0.05, 0.1) is 17.7 Å². The minimum Gasteiger partial charge on any atom is -0.507 e. The van der Waals surface area contributed by atoms with Gasteiger partial charge in [-0.3, -0.25) is 0 Å². The van der Waals surface area contributed by atoms with Crippen molar-refractivity contribution in [3.63, 3.8) is 0 Å². The molecule has 0 saturated heterocycles. The van der Waals surface area contributed by atoms with Gasteiger partial charge in [0.2, 0.25) is 0 Å². The number of nitrogens with zero attached hydrogens (tertiary/aromatic N) is 1. The smallest absolute Gasteiger partial charge is 0.332 e. The molecule has 0 fully saturated rings. The van der Waals surface area contributed by atoms with Crippen molar-refractivity contribution in [2.24, 2.45) is 5.16 Å². The van der Waals surface area contributed by atoms with E-state index in [4.69, 9.17) is 16.3 Å². The lowest BCUT2D eigenvalue weighted by Crippen LogP contribution is -2.09. The minimum atomic E-state index is -0.692. The van der Waals surface area contributed by atoms with Gasteiger partial charge in [-0.2, -0.15) is 0 Å². The van der Waals surface area contributed by atoms with E-state index in [9.17, 15) is 14.3 Å². The normalized spacial score (nSPS) is 11.2. The Bertz CT molecular complexity index is 753. The van der Waals surface area contributed by atoms with Crippen LogP contribution in [-0.4, -0.2) is 23.9 Å². The van der Waals surface area contributed by atoms with E-state index in [1.807, 2.05) is 0 Å². The molecule has 2 aromatic carbocycles. The maximum atomic E-state index is 14.1. The van der Waals surface area contributed by atoms with Crippen molar-refractivity contribution in [2.75, 3.05) is 7.11 Å². The number of hydrogen-bond acceptors (Lipinski definition) is 5. The van der Waals surface area contributed by atoms with E-state index in [1.165, 1.54) is 37.4 Å². The van der Waals surface area contributed by atoms with Crippen molar-refractivity contribution in [2.45, 2.75) is 6.92 Å². The molecule has 0 aliphatic heterocycles. The van der Waals surface area contributed by atoms with Crippen molar-refractivity contribution >= 4 is 23.3 Å². The van der Waals surface area contributed by atoms with E-state index in [0.717, 1.165) is 6.92 Å². The first kappa shape index (κ1) is 16.8. The van der Waals surface area contributed by atoms with Crippen LogP contribution in [0.25, 0.3) is 0 Å². The Labute approximate surface area is 136 Å². The van der Waals surface area contributed by atoms with Crippen molar-refractivity contribution in [1.29, 1.82) is 0 Å². The number of hydrogen-bond donors (Lipinski definition) is 1. The number of phenols is 1. The van der Waals surface area contributed by atoms with Crippen LogP contribution >= 0.6 is 11.6 Å². The van der Waals surface area contributed by atoms with Gasteiger partial charge in [0.1, 0.15) is 23.0 Å². The fraction of sp³-hybridized carbons (Fsp3) is 0.125. The van der Waals surface area contributed by atoms with Gasteiger partial charge in [-0.1, -0.05) is 28.9 Å². The standard InChI is InChI=1S/C16H13ClFNO4/c1-9(20)23-19-16(11-5-3-4-6-13(11)18)15-12(17)7-10(22-2)8-14(15)21/h3-8,21H,1-2H3. The van der Waals surface area contributed by atoms with E-state index in [0.29, 0.717) is 5.75 Å². The van der Waals surface area contributed by atoms with E-state index < -0.39 is 11.8 Å². The molecule has 23 heavy (non-hydrogen) atoms. The Morgan fingerprint density at radius 1 is 1.30 bits per heavy atom. The second kappa shape index (κ2) is 7.11. The molecule has 0 aliphatic rings. The van der Waals surface area contributed by atoms with Gasteiger partial charge in [0.15, 0.2) is 0 Å². The molecule has 0 unspecified atom stereocenters. The van der Waals surface area contributed by atoms with Gasteiger partial charge in [-0.05, 0) is 18.2 Å². The molecule has 0 spiro atoms. The number of rotatable bonds is 4. The third-order valence-electron chi connectivity index (χ3n) is 2.91. The second-order valence-corrected chi connectivity index (χ2v) is 4.91. The first-order chi connectivity index (χ1) is 10.9. The molecule has 0 aromatic heterocycles. The molecule has 0 amide bonds. The summed E-state index contributed by atoms with van der Waals surface area (Å²) >= 11 is 6.14. The van der Waals surface area contributed by atoms with Gasteiger partial charge >= 0.3 is 5.97 Å². The van der Waals surface area contributed by atoms with Crippen LogP contribution < -0.4 is 4.74 Å². The SMILES string of the molecule is COc1cc(O)c(C(=NOC(C)=O)c2ccccc2F)c(Cl)c1. The van der Waals surface area contributed by atoms with E-state index in [1.54, 1.807) is 6.07 Å². The summed E-state index contributed by atoms with van der Waals surface area (Å²) in [5, 5.41) is 13.9. The highest BCUT2D eigenvalue weighted by Gasteiger charge is 2.21. The molecule has 0 bridgehead atoms. The maximum absolute atomic E-state index is 14.1. The largest absolute Gasteiger partial charge is 0.507 e. The number of aromatic hydroxyl groups is 1. The summed E-state index contributed by atoms with van der Waals surface area (Å²) in [5.74, 6) is -1.27. The van der Waals surface area contributed by atoms with Crippen LogP contribution in [0.1, 0.15) is 18.1 Å². The summed E-state index contributed by atoms with van der Waals surface area (Å²) in [4.78, 5) is 15.6. The zero-order chi connectivity index (χ0) is 17.0. The molecule has 5 nitrogen and oxygen atoms in total. The summed E-state index contributed by atoms with van der Waals surface area (Å²) in [7, 11) is 1.41. The van der Waals surface area contributed by atoms with Crippen LogP contribution in [0, 0.1) is 5.82 Å². The molecular weight excluding hydrogens is 325 g/mol. The van der Waals surface area contributed by atoms with Crippen LogP contribution in [0.15, 0.2) is 41.6 Å². The van der Waals surface area contributed by atoms with E-state index in [2.05, 4.69) is 9.99 Å². The number of carbonyl (C=O) groups is 1.